The number of nitrogens with zero attached hydrogens (tertiary/aromatic N) is 2. The molecule has 0 unspecified atom stereocenters. The molecule has 0 atom stereocenters. The number of benzene rings is 1. The molecule has 1 amide bonds. The van der Waals surface area contributed by atoms with Crippen molar-refractivity contribution in [3.63, 3.8) is 0 Å². The number of rotatable bonds is 7. The Balaban J connectivity index is 1.74. The first-order chi connectivity index (χ1) is 12.1. The van der Waals surface area contributed by atoms with Gasteiger partial charge in [-0.1, -0.05) is 19.4 Å². The molecule has 3 rings (SSSR count). The molecule has 134 valence electrons. The van der Waals surface area contributed by atoms with Crippen molar-refractivity contribution >= 4 is 17.2 Å². The average Bonchev–Trinajstić information content (AvgIpc) is 3.23. The summed E-state index contributed by atoms with van der Waals surface area (Å²) in [6.07, 6.45) is 3.19. The number of fused-ring (bicyclic) bond motifs is 1. The van der Waals surface area contributed by atoms with E-state index in [-0.39, 0.29) is 12.7 Å². The van der Waals surface area contributed by atoms with Crippen LogP contribution in [0, 0.1) is 6.92 Å². The first kappa shape index (κ1) is 17.7. The predicted molar refractivity (Wildman–Crippen MR) is 98.4 cm³/mol. The zero-order valence-electron chi connectivity index (χ0n) is 15.0. The van der Waals surface area contributed by atoms with Gasteiger partial charge in [0.15, 0.2) is 11.5 Å². The Kier molecular flexibility index (Phi) is 5.58. The molecule has 1 aromatic heterocycles. The van der Waals surface area contributed by atoms with E-state index in [0.717, 1.165) is 51.9 Å². The summed E-state index contributed by atoms with van der Waals surface area (Å²) in [4.78, 5) is 20.1. The molecule has 1 aromatic carbocycles. The van der Waals surface area contributed by atoms with Crippen molar-refractivity contribution in [2.75, 3.05) is 13.3 Å². The number of aromatic nitrogens is 1. The summed E-state index contributed by atoms with van der Waals surface area (Å²) in [5.74, 6) is 1.56. The van der Waals surface area contributed by atoms with Crippen LogP contribution in [0.3, 0.4) is 0 Å². The standard InChI is InChI=1S/C19H24N2O3S/c1-4-6-7-17-20-13(3)18(25-17)19(22)21(5-2)11-14-8-9-15-16(10-14)24-12-23-15/h8-10H,4-7,11-12H2,1-3H3. The SMILES string of the molecule is CCCCc1nc(C)c(C(=O)N(CC)Cc2ccc3c(c2)OCO3)s1. The second-order valence-corrected chi connectivity index (χ2v) is 7.22. The molecule has 25 heavy (non-hydrogen) atoms. The first-order valence-corrected chi connectivity index (χ1v) is 9.58. The van der Waals surface area contributed by atoms with Crippen LogP contribution in [0.5, 0.6) is 11.5 Å². The lowest BCUT2D eigenvalue weighted by Crippen LogP contribution is -2.30. The summed E-state index contributed by atoms with van der Waals surface area (Å²) < 4.78 is 10.8. The average molecular weight is 360 g/mol. The highest BCUT2D eigenvalue weighted by Crippen LogP contribution is 2.33. The van der Waals surface area contributed by atoms with Crippen molar-refractivity contribution in [1.29, 1.82) is 0 Å². The number of aryl methyl sites for hydroxylation is 2. The molecule has 0 N–H and O–H groups in total. The summed E-state index contributed by atoms with van der Waals surface area (Å²) in [5, 5.41) is 1.06. The monoisotopic (exact) mass is 360 g/mol. The first-order valence-electron chi connectivity index (χ1n) is 8.76. The lowest BCUT2D eigenvalue weighted by molar-refractivity contribution is 0.0756. The third-order valence-corrected chi connectivity index (χ3v) is 5.46. The van der Waals surface area contributed by atoms with Crippen molar-refractivity contribution in [3.8, 4) is 11.5 Å². The Morgan fingerprint density at radius 1 is 1.28 bits per heavy atom. The van der Waals surface area contributed by atoms with Gasteiger partial charge in [0.1, 0.15) is 4.88 Å². The molecule has 0 saturated carbocycles. The second kappa shape index (κ2) is 7.87. The smallest absolute Gasteiger partial charge is 0.266 e. The largest absolute Gasteiger partial charge is 0.454 e. The van der Waals surface area contributed by atoms with E-state index >= 15 is 0 Å². The number of ether oxygens (including phenoxy) is 2. The second-order valence-electron chi connectivity index (χ2n) is 6.13. The maximum atomic E-state index is 13.0. The third kappa shape index (κ3) is 3.95. The number of amides is 1. The minimum absolute atomic E-state index is 0.0536. The number of unbranched alkanes of at least 4 members (excludes halogenated alkanes) is 1. The van der Waals surface area contributed by atoms with Gasteiger partial charge in [0.25, 0.3) is 5.91 Å². The minimum atomic E-state index is 0.0536. The topological polar surface area (TPSA) is 51.7 Å². The fourth-order valence-electron chi connectivity index (χ4n) is 2.82. The number of carbonyl (C=O) groups excluding carboxylic acids is 1. The van der Waals surface area contributed by atoms with E-state index in [2.05, 4.69) is 11.9 Å². The number of hydrogen-bond acceptors (Lipinski definition) is 5. The summed E-state index contributed by atoms with van der Waals surface area (Å²) >= 11 is 1.53. The van der Waals surface area contributed by atoms with E-state index in [1.165, 1.54) is 11.3 Å². The van der Waals surface area contributed by atoms with Crippen LogP contribution in [-0.4, -0.2) is 29.1 Å². The van der Waals surface area contributed by atoms with E-state index in [0.29, 0.717) is 13.1 Å². The molecule has 2 heterocycles. The van der Waals surface area contributed by atoms with E-state index in [9.17, 15) is 4.79 Å². The number of thiazole rings is 1. The zero-order chi connectivity index (χ0) is 17.8. The van der Waals surface area contributed by atoms with Gasteiger partial charge in [-0.15, -0.1) is 11.3 Å². The predicted octanol–water partition coefficient (Wildman–Crippen LogP) is 4.19. The van der Waals surface area contributed by atoms with Crippen LogP contribution in [0.1, 0.15) is 52.6 Å². The summed E-state index contributed by atoms with van der Waals surface area (Å²) in [6, 6.07) is 5.83. The van der Waals surface area contributed by atoms with E-state index in [4.69, 9.17) is 9.47 Å². The van der Waals surface area contributed by atoms with Crippen LogP contribution in [0.25, 0.3) is 0 Å². The van der Waals surface area contributed by atoms with E-state index < -0.39 is 0 Å². The fourth-order valence-corrected chi connectivity index (χ4v) is 3.89. The van der Waals surface area contributed by atoms with Gasteiger partial charge in [0.2, 0.25) is 6.79 Å². The minimum Gasteiger partial charge on any atom is -0.454 e. The highest BCUT2D eigenvalue weighted by molar-refractivity contribution is 7.13. The zero-order valence-corrected chi connectivity index (χ0v) is 15.8. The lowest BCUT2D eigenvalue weighted by atomic mass is 10.2. The van der Waals surface area contributed by atoms with Gasteiger partial charge in [-0.2, -0.15) is 0 Å². The molecule has 5 nitrogen and oxygen atoms in total. The molecule has 0 spiro atoms. The van der Waals surface area contributed by atoms with Crippen LogP contribution in [-0.2, 0) is 13.0 Å². The van der Waals surface area contributed by atoms with Gasteiger partial charge in [-0.25, -0.2) is 4.98 Å². The van der Waals surface area contributed by atoms with Crippen LogP contribution in [0.2, 0.25) is 0 Å². The van der Waals surface area contributed by atoms with Crippen molar-refractivity contribution in [3.05, 3.63) is 39.3 Å². The van der Waals surface area contributed by atoms with Gasteiger partial charge in [-0.3, -0.25) is 4.79 Å². The molecule has 0 aliphatic carbocycles. The Bertz CT molecular complexity index is 757. The molecule has 0 fully saturated rings. The highest BCUT2D eigenvalue weighted by Gasteiger charge is 2.21. The van der Waals surface area contributed by atoms with Crippen LogP contribution in [0.4, 0.5) is 0 Å². The van der Waals surface area contributed by atoms with Gasteiger partial charge in [0, 0.05) is 13.1 Å². The van der Waals surface area contributed by atoms with Crippen LogP contribution >= 0.6 is 11.3 Å². The van der Waals surface area contributed by atoms with E-state index in [1.54, 1.807) is 0 Å². The molecule has 1 aliphatic heterocycles. The summed E-state index contributed by atoms with van der Waals surface area (Å²) in [7, 11) is 0. The molecular formula is C19H24N2O3S. The van der Waals surface area contributed by atoms with Crippen LogP contribution < -0.4 is 9.47 Å². The van der Waals surface area contributed by atoms with E-state index in [1.807, 2.05) is 36.9 Å². The van der Waals surface area contributed by atoms with Crippen molar-refractivity contribution in [2.45, 2.75) is 46.6 Å². The van der Waals surface area contributed by atoms with Crippen molar-refractivity contribution in [2.24, 2.45) is 0 Å². The van der Waals surface area contributed by atoms with Gasteiger partial charge in [0.05, 0.1) is 10.7 Å². The van der Waals surface area contributed by atoms with Gasteiger partial charge in [-0.05, 0) is 44.4 Å². The van der Waals surface area contributed by atoms with Crippen LogP contribution in [0.15, 0.2) is 18.2 Å². The molecule has 0 radical (unpaired) electrons. The molecule has 0 bridgehead atoms. The highest BCUT2D eigenvalue weighted by atomic mass is 32.1. The summed E-state index contributed by atoms with van der Waals surface area (Å²) in [5.41, 5.74) is 1.87. The molecule has 1 aliphatic rings. The Morgan fingerprint density at radius 2 is 2.08 bits per heavy atom. The quantitative estimate of drug-likeness (QED) is 0.743. The molecular weight excluding hydrogens is 336 g/mol. The lowest BCUT2D eigenvalue weighted by Gasteiger charge is -2.20. The fraction of sp³-hybridized carbons (Fsp3) is 0.474. The Hall–Kier alpha value is -2.08. The molecule has 0 saturated heterocycles. The molecule has 2 aromatic rings. The normalized spacial score (nSPS) is 12.4. The maximum absolute atomic E-state index is 13.0. The third-order valence-electron chi connectivity index (χ3n) is 4.26. The summed E-state index contributed by atoms with van der Waals surface area (Å²) in [6.45, 7) is 7.54. The molecule has 6 heteroatoms. The van der Waals surface area contributed by atoms with Crippen molar-refractivity contribution in [1.82, 2.24) is 9.88 Å². The number of carbonyl (C=O) groups is 1. The van der Waals surface area contributed by atoms with Crippen molar-refractivity contribution < 1.29 is 14.3 Å². The Morgan fingerprint density at radius 3 is 2.84 bits per heavy atom. The Labute approximate surface area is 152 Å². The maximum Gasteiger partial charge on any atom is 0.266 e. The van der Waals surface area contributed by atoms with Gasteiger partial charge >= 0.3 is 0 Å². The number of hydrogen-bond donors (Lipinski definition) is 0. The van der Waals surface area contributed by atoms with Gasteiger partial charge < -0.3 is 14.4 Å².